The van der Waals surface area contributed by atoms with Crippen LogP contribution in [0.25, 0.3) is 0 Å². The van der Waals surface area contributed by atoms with E-state index < -0.39 is 0 Å². The summed E-state index contributed by atoms with van der Waals surface area (Å²) in [6, 6.07) is 0. The number of hydrogen-bond donors (Lipinski definition) is 0. The summed E-state index contributed by atoms with van der Waals surface area (Å²) < 4.78 is 10.6. The average Bonchev–Trinajstić information content (AvgIpc) is 2.72. The Hall–Kier alpha value is -1.06. The highest BCUT2D eigenvalue weighted by atomic mass is 16.5. The Bertz CT molecular complexity index is 293. The Kier molecular flexibility index (Phi) is 9.92. The summed E-state index contributed by atoms with van der Waals surface area (Å²) in [4.78, 5) is 23.1. The zero-order valence-corrected chi connectivity index (χ0v) is 13.4. The van der Waals surface area contributed by atoms with Crippen LogP contribution >= 0.6 is 0 Å². The highest BCUT2D eigenvalue weighted by molar-refractivity contribution is 5.70. The Morgan fingerprint density at radius 2 is 1.52 bits per heavy atom. The maximum absolute atomic E-state index is 11.7. The number of esters is 2. The topological polar surface area (TPSA) is 52.6 Å². The molecule has 0 aromatic rings. The van der Waals surface area contributed by atoms with E-state index in [1.807, 2.05) is 0 Å². The first-order chi connectivity index (χ1) is 10.2. The van der Waals surface area contributed by atoms with E-state index in [0.29, 0.717) is 32.3 Å². The molecule has 1 rings (SSSR count). The first kappa shape index (κ1) is 18.0. The van der Waals surface area contributed by atoms with Crippen LogP contribution in [-0.2, 0) is 19.1 Å². The number of rotatable bonds is 9. The summed E-state index contributed by atoms with van der Waals surface area (Å²) in [6.07, 6.45) is 11.2. The normalized spacial score (nSPS) is 16.2. The van der Waals surface area contributed by atoms with Crippen molar-refractivity contribution < 1.29 is 19.1 Å². The summed E-state index contributed by atoms with van der Waals surface area (Å²) in [5, 5.41) is 0. The number of carbonyl (C=O) groups is 2. The molecule has 1 aliphatic rings. The highest BCUT2D eigenvalue weighted by Crippen LogP contribution is 2.20. The molecule has 0 atom stereocenters. The molecule has 0 saturated heterocycles. The molecule has 0 amide bonds. The standard InChI is InChI=1S/C17H30O4/c1-2-3-14-20-16(18)12-8-9-13-17(19)21-15-10-6-4-5-7-11-15/h15H,2-14H2,1H3. The predicted octanol–water partition coefficient (Wildman–Crippen LogP) is 4.16. The van der Waals surface area contributed by atoms with Gasteiger partial charge in [0.15, 0.2) is 0 Å². The lowest BCUT2D eigenvalue weighted by Crippen LogP contribution is -2.17. The van der Waals surface area contributed by atoms with Gasteiger partial charge in [0.05, 0.1) is 6.61 Å². The lowest BCUT2D eigenvalue weighted by molar-refractivity contribution is -0.150. The lowest BCUT2D eigenvalue weighted by Gasteiger charge is -2.15. The molecule has 122 valence electrons. The first-order valence-electron chi connectivity index (χ1n) is 8.57. The molecule has 0 N–H and O–H groups in total. The molecule has 4 heteroatoms. The number of ether oxygens (including phenoxy) is 2. The average molecular weight is 298 g/mol. The summed E-state index contributed by atoms with van der Waals surface area (Å²) >= 11 is 0. The van der Waals surface area contributed by atoms with E-state index in [0.717, 1.165) is 25.7 Å². The minimum atomic E-state index is -0.152. The lowest BCUT2D eigenvalue weighted by atomic mass is 10.1. The number of hydrogen-bond acceptors (Lipinski definition) is 4. The van der Waals surface area contributed by atoms with Crippen molar-refractivity contribution in [1.82, 2.24) is 0 Å². The van der Waals surface area contributed by atoms with Gasteiger partial charge in [-0.05, 0) is 44.9 Å². The highest BCUT2D eigenvalue weighted by Gasteiger charge is 2.16. The van der Waals surface area contributed by atoms with Crippen LogP contribution in [0.1, 0.15) is 84.0 Å². The molecule has 0 aromatic carbocycles. The molecule has 0 spiro atoms. The van der Waals surface area contributed by atoms with Gasteiger partial charge >= 0.3 is 11.9 Å². The molecular formula is C17H30O4. The number of carbonyl (C=O) groups excluding carboxylic acids is 2. The van der Waals surface area contributed by atoms with E-state index in [9.17, 15) is 9.59 Å². The van der Waals surface area contributed by atoms with E-state index in [4.69, 9.17) is 9.47 Å². The minimum Gasteiger partial charge on any atom is -0.466 e. The van der Waals surface area contributed by atoms with Crippen molar-refractivity contribution in [3.8, 4) is 0 Å². The Labute approximate surface area is 128 Å². The van der Waals surface area contributed by atoms with Crippen LogP contribution in [0.2, 0.25) is 0 Å². The van der Waals surface area contributed by atoms with Gasteiger partial charge in [0.25, 0.3) is 0 Å². The second-order valence-corrected chi connectivity index (χ2v) is 5.88. The van der Waals surface area contributed by atoms with E-state index >= 15 is 0 Å². The molecule has 4 nitrogen and oxygen atoms in total. The molecular weight excluding hydrogens is 268 g/mol. The fraction of sp³-hybridized carbons (Fsp3) is 0.882. The summed E-state index contributed by atoms with van der Waals surface area (Å²) in [6.45, 7) is 2.58. The third-order valence-electron chi connectivity index (χ3n) is 3.87. The quantitative estimate of drug-likeness (QED) is 0.364. The second kappa shape index (κ2) is 11.6. The van der Waals surface area contributed by atoms with Crippen LogP contribution in [0.5, 0.6) is 0 Å². The van der Waals surface area contributed by atoms with Crippen molar-refractivity contribution in [1.29, 1.82) is 0 Å². The van der Waals surface area contributed by atoms with Gasteiger partial charge in [-0.2, -0.15) is 0 Å². The summed E-state index contributed by atoms with van der Waals surface area (Å²) in [5.74, 6) is -0.262. The van der Waals surface area contributed by atoms with E-state index in [1.165, 1.54) is 25.7 Å². The van der Waals surface area contributed by atoms with Crippen molar-refractivity contribution in [3.63, 3.8) is 0 Å². The van der Waals surface area contributed by atoms with Crippen LogP contribution < -0.4 is 0 Å². The van der Waals surface area contributed by atoms with Crippen molar-refractivity contribution >= 4 is 11.9 Å². The van der Waals surface area contributed by atoms with E-state index in [1.54, 1.807) is 0 Å². The van der Waals surface area contributed by atoms with Crippen molar-refractivity contribution in [2.45, 2.75) is 90.1 Å². The Morgan fingerprint density at radius 1 is 0.905 bits per heavy atom. The maximum atomic E-state index is 11.7. The summed E-state index contributed by atoms with van der Waals surface area (Å²) in [7, 11) is 0. The zero-order valence-electron chi connectivity index (χ0n) is 13.4. The van der Waals surface area contributed by atoms with Gasteiger partial charge in [-0.3, -0.25) is 9.59 Å². The second-order valence-electron chi connectivity index (χ2n) is 5.88. The molecule has 0 aliphatic heterocycles. The smallest absolute Gasteiger partial charge is 0.306 e. The van der Waals surface area contributed by atoms with Crippen LogP contribution in [0.4, 0.5) is 0 Å². The van der Waals surface area contributed by atoms with Crippen LogP contribution in [-0.4, -0.2) is 24.6 Å². The molecule has 1 aliphatic carbocycles. The van der Waals surface area contributed by atoms with Gasteiger partial charge in [0.2, 0.25) is 0 Å². The van der Waals surface area contributed by atoms with Crippen LogP contribution in [0.3, 0.4) is 0 Å². The van der Waals surface area contributed by atoms with Gasteiger partial charge < -0.3 is 9.47 Å². The molecule has 1 fully saturated rings. The van der Waals surface area contributed by atoms with Crippen molar-refractivity contribution in [2.24, 2.45) is 0 Å². The molecule has 0 heterocycles. The van der Waals surface area contributed by atoms with Gasteiger partial charge in [0.1, 0.15) is 6.10 Å². The Morgan fingerprint density at radius 3 is 2.14 bits per heavy atom. The molecule has 0 bridgehead atoms. The fourth-order valence-electron chi connectivity index (χ4n) is 2.55. The Balaban J connectivity index is 2.01. The monoisotopic (exact) mass is 298 g/mol. The van der Waals surface area contributed by atoms with Crippen LogP contribution in [0.15, 0.2) is 0 Å². The molecule has 21 heavy (non-hydrogen) atoms. The molecule has 0 aromatic heterocycles. The predicted molar refractivity (Wildman–Crippen MR) is 81.9 cm³/mol. The maximum Gasteiger partial charge on any atom is 0.306 e. The number of unbranched alkanes of at least 4 members (excludes halogenated alkanes) is 2. The largest absolute Gasteiger partial charge is 0.466 e. The zero-order chi connectivity index (χ0) is 15.3. The fourth-order valence-corrected chi connectivity index (χ4v) is 2.55. The van der Waals surface area contributed by atoms with Crippen molar-refractivity contribution in [3.05, 3.63) is 0 Å². The van der Waals surface area contributed by atoms with Gasteiger partial charge in [-0.1, -0.05) is 26.2 Å². The van der Waals surface area contributed by atoms with Gasteiger partial charge in [0, 0.05) is 12.8 Å². The third kappa shape index (κ3) is 9.48. The molecule has 1 saturated carbocycles. The van der Waals surface area contributed by atoms with Crippen molar-refractivity contribution in [2.75, 3.05) is 6.61 Å². The molecule has 0 unspecified atom stereocenters. The van der Waals surface area contributed by atoms with Crippen LogP contribution in [0, 0.1) is 0 Å². The van der Waals surface area contributed by atoms with Gasteiger partial charge in [-0.25, -0.2) is 0 Å². The first-order valence-corrected chi connectivity index (χ1v) is 8.57. The third-order valence-corrected chi connectivity index (χ3v) is 3.87. The minimum absolute atomic E-state index is 0.110. The molecule has 0 radical (unpaired) electrons. The van der Waals surface area contributed by atoms with E-state index in [-0.39, 0.29) is 18.0 Å². The SMILES string of the molecule is CCCCOC(=O)CCCCC(=O)OC1CCCCCC1. The summed E-state index contributed by atoms with van der Waals surface area (Å²) in [5.41, 5.74) is 0. The van der Waals surface area contributed by atoms with Gasteiger partial charge in [-0.15, -0.1) is 0 Å². The van der Waals surface area contributed by atoms with E-state index in [2.05, 4.69) is 6.92 Å².